The molecule has 3 aliphatic carbocycles. The molecule has 28 heavy (non-hydrogen) atoms. The molecule has 6 atom stereocenters. The number of ether oxygens (including phenoxy) is 1. The van der Waals surface area contributed by atoms with Crippen molar-refractivity contribution < 1.29 is 9.53 Å². The van der Waals surface area contributed by atoms with Crippen LogP contribution in [-0.4, -0.2) is 43.6 Å². The van der Waals surface area contributed by atoms with Crippen LogP contribution >= 0.6 is 11.6 Å². The van der Waals surface area contributed by atoms with Gasteiger partial charge in [-0.05, 0) is 93.0 Å². The molecular formula is C23H31ClN2O2. The van der Waals surface area contributed by atoms with Crippen molar-refractivity contribution in [3.63, 3.8) is 0 Å². The lowest BCUT2D eigenvalue weighted by atomic mass is 9.72. The number of likely N-dealkylation sites (tertiary alicyclic amines) is 1. The quantitative estimate of drug-likeness (QED) is 0.801. The maximum Gasteiger partial charge on any atom is 0.255 e. The van der Waals surface area contributed by atoms with Crippen molar-refractivity contribution in [2.45, 2.75) is 44.6 Å². The summed E-state index contributed by atoms with van der Waals surface area (Å²) in [6, 6.07) is 5.58. The Morgan fingerprint density at radius 3 is 2.64 bits per heavy atom. The molecule has 1 amide bonds. The van der Waals surface area contributed by atoms with Crippen LogP contribution in [0.25, 0.3) is 0 Å². The summed E-state index contributed by atoms with van der Waals surface area (Å²) >= 11 is 6.17. The molecule has 5 heteroatoms. The van der Waals surface area contributed by atoms with E-state index in [1.54, 1.807) is 25.3 Å². The Kier molecular flexibility index (Phi) is 5.04. The van der Waals surface area contributed by atoms with E-state index in [4.69, 9.17) is 16.3 Å². The highest BCUT2D eigenvalue weighted by Gasteiger charge is 2.59. The largest absolute Gasteiger partial charge is 0.496 e. The number of methoxy groups -OCH3 is 1. The molecule has 4 aliphatic rings. The van der Waals surface area contributed by atoms with Gasteiger partial charge in [-0.1, -0.05) is 18.0 Å². The molecule has 1 aliphatic heterocycles. The van der Waals surface area contributed by atoms with Gasteiger partial charge < -0.3 is 15.0 Å². The lowest BCUT2D eigenvalue weighted by molar-refractivity contribution is 0.0782. The van der Waals surface area contributed by atoms with Crippen molar-refractivity contribution >= 4 is 17.5 Å². The summed E-state index contributed by atoms with van der Waals surface area (Å²) in [4.78, 5) is 15.9. The maximum absolute atomic E-state index is 13.2. The Balaban J connectivity index is 1.38. The number of carbonyl (C=O) groups excluding carboxylic acids is 1. The number of benzene rings is 1. The summed E-state index contributed by atoms with van der Waals surface area (Å²) in [5.41, 5.74) is 0.556. The first-order chi connectivity index (χ1) is 13.7. The first kappa shape index (κ1) is 18.7. The minimum atomic E-state index is -0.0298. The molecule has 3 saturated carbocycles. The lowest BCUT2D eigenvalue weighted by Gasteiger charge is -2.40. The Morgan fingerprint density at radius 1 is 1.14 bits per heavy atom. The minimum absolute atomic E-state index is 0.0298. The van der Waals surface area contributed by atoms with Crippen LogP contribution in [-0.2, 0) is 0 Å². The van der Waals surface area contributed by atoms with Gasteiger partial charge in [-0.3, -0.25) is 4.79 Å². The Hall–Kier alpha value is -1.26. The number of fused-ring (bicyclic) bond motifs is 5. The Morgan fingerprint density at radius 2 is 1.89 bits per heavy atom. The highest BCUT2D eigenvalue weighted by molar-refractivity contribution is 6.31. The van der Waals surface area contributed by atoms with Crippen LogP contribution in [0.15, 0.2) is 18.2 Å². The van der Waals surface area contributed by atoms with E-state index in [2.05, 4.69) is 10.2 Å². The molecule has 1 heterocycles. The summed E-state index contributed by atoms with van der Waals surface area (Å²) in [6.07, 6.45) is 8.10. The predicted molar refractivity (Wildman–Crippen MR) is 111 cm³/mol. The summed E-state index contributed by atoms with van der Waals surface area (Å²) < 4.78 is 5.42. The fourth-order valence-corrected chi connectivity index (χ4v) is 7.22. The van der Waals surface area contributed by atoms with E-state index < -0.39 is 0 Å². The second-order valence-electron chi connectivity index (χ2n) is 9.34. The summed E-state index contributed by atoms with van der Waals surface area (Å²) in [7, 11) is 1.61. The van der Waals surface area contributed by atoms with E-state index in [1.165, 1.54) is 51.6 Å². The zero-order chi connectivity index (χ0) is 19.3. The third kappa shape index (κ3) is 3.13. The first-order valence-electron chi connectivity index (χ1n) is 11.0. The van der Waals surface area contributed by atoms with E-state index >= 15 is 0 Å². The summed E-state index contributed by atoms with van der Waals surface area (Å²) in [6.45, 7) is 3.61. The number of nitrogens with zero attached hydrogens (tertiary/aromatic N) is 1. The van der Waals surface area contributed by atoms with Crippen molar-refractivity contribution in [1.82, 2.24) is 10.2 Å². The van der Waals surface area contributed by atoms with Crippen LogP contribution in [0.5, 0.6) is 5.75 Å². The van der Waals surface area contributed by atoms with Crippen LogP contribution < -0.4 is 10.1 Å². The smallest absolute Gasteiger partial charge is 0.255 e. The average molecular weight is 403 g/mol. The zero-order valence-electron chi connectivity index (χ0n) is 16.7. The fraction of sp³-hybridized carbons (Fsp3) is 0.696. The summed E-state index contributed by atoms with van der Waals surface area (Å²) in [5.74, 6) is 4.34. The van der Waals surface area contributed by atoms with Gasteiger partial charge in [0.25, 0.3) is 5.91 Å². The third-order valence-corrected chi connectivity index (χ3v) is 8.35. The molecule has 5 rings (SSSR count). The molecule has 4 fully saturated rings. The second-order valence-corrected chi connectivity index (χ2v) is 9.77. The van der Waals surface area contributed by atoms with Crippen molar-refractivity contribution in [3.8, 4) is 5.75 Å². The predicted octanol–water partition coefficient (Wildman–Crippen LogP) is 4.23. The Bertz CT molecular complexity index is 748. The number of hydrogen-bond donors (Lipinski definition) is 1. The summed E-state index contributed by atoms with van der Waals surface area (Å²) in [5, 5.41) is 4.03. The molecule has 1 aromatic carbocycles. The number of halogens is 1. The minimum Gasteiger partial charge on any atom is -0.496 e. The van der Waals surface area contributed by atoms with Crippen LogP contribution in [0.3, 0.4) is 0 Å². The molecule has 152 valence electrons. The van der Waals surface area contributed by atoms with Gasteiger partial charge in [0.15, 0.2) is 0 Å². The number of hydrogen-bond acceptors (Lipinski definition) is 3. The molecule has 6 unspecified atom stereocenters. The first-order valence-corrected chi connectivity index (χ1v) is 11.4. The van der Waals surface area contributed by atoms with E-state index in [9.17, 15) is 4.79 Å². The lowest BCUT2D eigenvalue weighted by Crippen LogP contribution is -2.51. The van der Waals surface area contributed by atoms with Gasteiger partial charge in [-0.15, -0.1) is 0 Å². The van der Waals surface area contributed by atoms with Crippen LogP contribution in [0.4, 0.5) is 0 Å². The van der Waals surface area contributed by atoms with Crippen LogP contribution in [0.2, 0.25) is 5.02 Å². The van der Waals surface area contributed by atoms with Gasteiger partial charge in [0.05, 0.1) is 12.7 Å². The molecule has 1 saturated heterocycles. The normalized spacial score (nSPS) is 36.6. The average Bonchev–Trinajstić information content (AvgIpc) is 3.45. The molecule has 1 aromatic rings. The molecule has 1 N–H and O–H groups in total. The topological polar surface area (TPSA) is 41.6 Å². The van der Waals surface area contributed by atoms with Crippen LogP contribution in [0.1, 0.15) is 48.9 Å². The van der Waals surface area contributed by atoms with Crippen molar-refractivity contribution in [2.75, 3.05) is 26.7 Å². The van der Waals surface area contributed by atoms with Crippen molar-refractivity contribution in [1.29, 1.82) is 0 Å². The standard InChI is InChI=1S/C23H31ClN2O2/c1-28-21-8-7-14(24)11-19(21)23(27)25-22-18-12-17(15-5-4-6-16(15)18)20(22)13-26-9-2-3-10-26/h7-8,11,15-18,20,22H,2-6,9-10,12-13H2,1H3,(H,25,27). The van der Waals surface area contributed by atoms with Gasteiger partial charge in [0.2, 0.25) is 0 Å². The van der Waals surface area contributed by atoms with Gasteiger partial charge in [-0.25, -0.2) is 0 Å². The molecule has 4 nitrogen and oxygen atoms in total. The van der Waals surface area contributed by atoms with Gasteiger partial charge in [-0.2, -0.15) is 0 Å². The SMILES string of the molecule is COc1ccc(Cl)cc1C(=O)NC1C2CC(C3CCCC32)C1CN1CCCC1. The molecule has 0 radical (unpaired) electrons. The Labute approximate surface area is 173 Å². The zero-order valence-corrected chi connectivity index (χ0v) is 17.5. The van der Waals surface area contributed by atoms with E-state index in [0.717, 1.165) is 24.3 Å². The van der Waals surface area contributed by atoms with E-state index in [0.29, 0.717) is 34.2 Å². The second kappa shape index (κ2) is 7.53. The fourth-order valence-electron chi connectivity index (χ4n) is 7.05. The van der Waals surface area contributed by atoms with Gasteiger partial charge >= 0.3 is 0 Å². The maximum atomic E-state index is 13.2. The van der Waals surface area contributed by atoms with Crippen molar-refractivity contribution in [3.05, 3.63) is 28.8 Å². The molecule has 2 bridgehead atoms. The molecule has 0 spiro atoms. The number of rotatable bonds is 5. The van der Waals surface area contributed by atoms with E-state index in [1.807, 2.05) is 0 Å². The number of carbonyl (C=O) groups is 1. The number of amides is 1. The van der Waals surface area contributed by atoms with E-state index in [-0.39, 0.29) is 5.91 Å². The highest BCUT2D eigenvalue weighted by atomic mass is 35.5. The third-order valence-electron chi connectivity index (χ3n) is 8.11. The van der Waals surface area contributed by atoms with Crippen LogP contribution in [0, 0.1) is 29.6 Å². The van der Waals surface area contributed by atoms with Gasteiger partial charge in [0, 0.05) is 17.6 Å². The monoisotopic (exact) mass is 402 g/mol. The van der Waals surface area contributed by atoms with Gasteiger partial charge in [0.1, 0.15) is 5.75 Å². The highest BCUT2D eigenvalue weighted by Crippen LogP contribution is 2.61. The molecular weight excluding hydrogens is 372 g/mol. The molecule has 0 aromatic heterocycles. The number of nitrogens with one attached hydrogen (secondary N) is 1. The van der Waals surface area contributed by atoms with Crippen molar-refractivity contribution in [2.24, 2.45) is 29.6 Å².